The number of benzene rings is 3. The molecule has 0 amide bonds. The molecule has 49 heavy (non-hydrogen) atoms. The Morgan fingerprint density at radius 1 is 1.02 bits per heavy atom. The van der Waals surface area contributed by atoms with Gasteiger partial charge in [0.05, 0.1) is 32.6 Å². The summed E-state index contributed by atoms with van der Waals surface area (Å²) < 4.78 is 23.8. The first-order chi connectivity index (χ1) is 23.8. The first-order valence-electron chi connectivity index (χ1n) is 15.7. The second-order valence-corrected chi connectivity index (χ2v) is 11.6. The Balaban J connectivity index is 1.54. The molecule has 252 valence electrons. The molecule has 2 aromatic heterocycles. The van der Waals surface area contributed by atoms with E-state index in [1.54, 1.807) is 14.2 Å². The van der Waals surface area contributed by atoms with Gasteiger partial charge < -0.3 is 34.1 Å². The molecule has 1 aliphatic heterocycles. The van der Waals surface area contributed by atoms with Crippen molar-refractivity contribution in [1.29, 1.82) is 0 Å². The van der Waals surface area contributed by atoms with Crippen molar-refractivity contribution in [2.45, 2.75) is 43.1 Å². The lowest BCUT2D eigenvalue weighted by atomic mass is 9.57. The summed E-state index contributed by atoms with van der Waals surface area (Å²) in [6.07, 6.45) is -0.706. The third-order valence-corrected chi connectivity index (χ3v) is 8.91. The third-order valence-electron chi connectivity index (χ3n) is 8.91. The third kappa shape index (κ3) is 5.93. The monoisotopic (exact) mass is 664 g/mol. The maximum atomic E-state index is 13.3. The number of rotatable bonds is 10. The van der Waals surface area contributed by atoms with Crippen molar-refractivity contribution >= 4 is 17.0 Å². The molecule has 1 aliphatic rings. The smallest absolute Gasteiger partial charge is 0.302 e. The molecule has 3 N–H and O–H groups in total. The zero-order valence-electron chi connectivity index (χ0n) is 27.3. The summed E-state index contributed by atoms with van der Waals surface area (Å²) in [4.78, 5) is 31.2. The van der Waals surface area contributed by atoms with E-state index in [4.69, 9.17) is 18.9 Å². The maximum Gasteiger partial charge on any atom is 0.302 e. The van der Waals surface area contributed by atoms with Gasteiger partial charge in [-0.05, 0) is 46.9 Å². The molecular weight excluding hydrogens is 628 g/mol. The Labute approximate surface area is 282 Å². The topological polar surface area (TPSA) is 158 Å². The molecule has 6 rings (SSSR count). The molecule has 3 aromatic carbocycles. The van der Waals surface area contributed by atoms with Crippen LogP contribution in [0.15, 0.2) is 90.0 Å². The van der Waals surface area contributed by atoms with Gasteiger partial charge in [0.2, 0.25) is 0 Å². The number of nitrogens with zero attached hydrogens (tertiary/aromatic N) is 3. The highest BCUT2D eigenvalue weighted by atomic mass is 16.5. The summed E-state index contributed by atoms with van der Waals surface area (Å²) in [6, 6.07) is 24.4. The molecule has 3 atom stereocenters. The van der Waals surface area contributed by atoms with Crippen LogP contribution in [0.4, 0.5) is 0 Å². The van der Waals surface area contributed by atoms with Crippen LogP contribution in [0, 0.1) is 11.8 Å². The highest BCUT2D eigenvalue weighted by Gasteiger charge is 2.63. The van der Waals surface area contributed by atoms with Crippen molar-refractivity contribution in [1.82, 2.24) is 19.7 Å². The minimum Gasteiger partial charge on any atom is -0.497 e. The van der Waals surface area contributed by atoms with Crippen LogP contribution in [-0.2, 0) is 19.7 Å². The number of esters is 1. The summed E-state index contributed by atoms with van der Waals surface area (Å²) in [7, 11) is 3.17. The number of carbonyl (C=O) groups excluding carboxylic acids is 1. The molecule has 5 aromatic rings. The van der Waals surface area contributed by atoms with Crippen LogP contribution < -0.4 is 15.0 Å². The van der Waals surface area contributed by atoms with Crippen molar-refractivity contribution < 1.29 is 34.0 Å². The molecule has 0 bridgehead atoms. The molecule has 0 unspecified atom stereocenters. The van der Waals surface area contributed by atoms with Crippen molar-refractivity contribution in [2.24, 2.45) is 0 Å². The van der Waals surface area contributed by atoms with E-state index in [1.807, 2.05) is 78.9 Å². The van der Waals surface area contributed by atoms with E-state index in [1.165, 1.54) is 17.9 Å². The molecule has 0 saturated carbocycles. The van der Waals surface area contributed by atoms with Crippen LogP contribution in [-0.4, -0.2) is 75.1 Å². The fraction of sp³-hybridized carbons (Fsp3) is 0.297. The van der Waals surface area contributed by atoms with Crippen LogP contribution in [0.2, 0.25) is 0 Å². The second kappa shape index (κ2) is 13.9. The Morgan fingerprint density at radius 2 is 1.63 bits per heavy atom. The summed E-state index contributed by atoms with van der Waals surface area (Å²) in [5.41, 5.74) is -1.07. The van der Waals surface area contributed by atoms with Crippen molar-refractivity contribution in [2.75, 3.05) is 27.4 Å². The number of hydrogen-bond acceptors (Lipinski definition) is 10. The molecule has 0 spiro atoms. The summed E-state index contributed by atoms with van der Waals surface area (Å²) in [5.74, 6) is 6.63. The lowest BCUT2D eigenvalue weighted by Gasteiger charge is -2.48. The zero-order chi connectivity index (χ0) is 34.6. The largest absolute Gasteiger partial charge is 0.497 e. The van der Waals surface area contributed by atoms with Crippen LogP contribution in [0.25, 0.3) is 11.0 Å². The van der Waals surface area contributed by atoms with Crippen LogP contribution >= 0.6 is 0 Å². The van der Waals surface area contributed by atoms with Crippen molar-refractivity contribution in [3.05, 3.63) is 118 Å². The molecule has 1 fully saturated rings. The van der Waals surface area contributed by atoms with E-state index >= 15 is 0 Å². The first-order valence-corrected chi connectivity index (χ1v) is 15.7. The number of nitrogens with one attached hydrogen (secondary N) is 1. The van der Waals surface area contributed by atoms with Crippen LogP contribution in [0.5, 0.6) is 11.5 Å². The predicted octanol–water partition coefficient (Wildman–Crippen LogP) is 3.49. The number of aliphatic hydroxyl groups is 2. The number of ether oxygens (including phenoxy) is 4. The summed E-state index contributed by atoms with van der Waals surface area (Å²) in [6.45, 7) is 0.862. The second-order valence-electron chi connectivity index (χ2n) is 11.6. The van der Waals surface area contributed by atoms with E-state index < -0.39 is 41.5 Å². The Kier molecular flexibility index (Phi) is 9.51. The molecule has 0 aliphatic carbocycles. The van der Waals surface area contributed by atoms with Crippen molar-refractivity contribution in [3.63, 3.8) is 0 Å². The van der Waals surface area contributed by atoms with E-state index in [0.717, 1.165) is 5.56 Å². The molecule has 12 nitrogen and oxygen atoms in total. The highest BCUT2D eigenvalue weighted by molar-refractivity contribution is 5.80. The minimum atomic E-state index is -1.81. The lowest BCUT2D eigenvalue weighted by molar-refractivity contribution is -0.140. The normalized spacial score (nSPS) is 18.9. The van der Waals surface area contributed by atoms with Gasteiger partial charge in [-0.3, -0.25) is 9.59 Å². The SMILES string of the molecule is COc1ccc(C(c2ccccc2)(c2ccc(OC)cc2)[C@]2(O)C[C@H](n3nc(C#CCCOC(C)=O)c4c(=O)[nH]cnc43)O[C@@H]2CO)cc1. The van der Waals surface area contributed by atoms with Gasteiger partial charge in [0.1, 0.15) is 35.2 Å². The number of aromatic nitrogens is 4. The van der Waals surface area contributed by atoms with Gasteiger partial charge in [0.25, 0.3) is 5.56 Å². The number of methoxy groups -OCH3 is 2. The fourth-order valence-electron chi connectivity index (χ4n) is 6.76. The Bertz CT molecular complexity index is 2000. The standard InChI is InChI=1S/C37H36N4O8/c1-24(43)48-20-8-7-11-30-33-34(38-23-39-35(33)44)41(40-30)32-21-36(45,31(22-42)49-32)37(25-9-5-4-6-10-25,26-12-16-28(46-2)17-13-26)27-14-18-29(47-3)19-15-27/h4-6,9-10,12-19,23,31-32,42,45H,8,20-22H2,1-3H3,(H,38,39,44)/t31-,32-,36+/m1/s1. The zero-order valence-corrected chi connectivity index (χ0v) is 27.3. The van der Waals surface area contributed by atoms with Gasteiger partial charge in [0, 0.05) is 19.8 Å². The maximum absolute atomic E-state index is 13.3. The van der Waals surface area contributed by atoms with Gasteiger partial charge >= 0.3 is 5.97 Å². The van der Waals surface area contributed by atoms with Gasteiger partial charge in [-0.15, -0.1) is 0 Å². The van der Waals surface area contributed by atoms with E-state index in [-0.39, 0.29) is 36.2 Å². The Morgan fingerprint density at radius 3 is 2.20 bits per heavy atom. The van der Waals surface area contributed by atoms with Crippen LogP contribution in [0.3, 0.4) is 0 Å². The van der Waals surface area contributed by atoms with Crippen LogP contribution in [0.1, 0.15) is 48.4 Å². The van der Waals surface area contributed by atoms with Gasteiger partial charge in [0.15, 0.2) is 17.6 Å². The quantitative estimate of drug-likeness (QED) is 0.0874. The molecule has 0 radical (unpaired) electrons. The number of fused-ring (bicyclic) bond motifs is 1. The number of aliphatic hydroxyl groups excluding tert-OH is 1. The summed E-state index contributed by atoms with van der Waals surface area (Å²) in [5, 5.41) is 29.0. The Hall–Kier alpha value is -5.48. The number of hydrogen-bond donors (Lipinski definition) is 3. The molecule has 3 heterocycles. The van der Waals surface area contributed by atoms with Gasteiger partial charge in [-0.1, -0.05) is 60.5 Å². The molecular formula is C37H36N4O8. The number of carbonyl (C=O) groups is 1. The van der Waals surface area contributed by atoms with E-state index in [9.17, 15) is 19.8 Å². The average molecular weight is 665 g/mol. The summed E-state index contributed by atoms with van der Waals surface area (Å²) >= 11 is 0. The van der Waals surface area contributed by atoms with E-state index in [0.29, 0.717) is 22.6 Å². The number of aromatic amines is 1. The number of H-pyrrole nitrogens is 1. The highest BCUT2D eigenvalue weighted by Crippen LogP contribution is 2.56. The minimum absolute atomic E-state index is 0.0737. The molecule has 1 saturated heterocycles. The lowest BCUT2D eigenvalue weighted by Crippen LogP contribution is -2.59. The fourth-order valence-corrected chi connectivity index (χ4v) is 6.76. The first kappa shape index (κ1) is 33.4. The average Bonchev–Trinajstić information content (AvgIpc) is 3.67. The van der Waals surface area contributed by atoms with Gasteiger partial charge in [-0.25, -0.2) is 9.67 Å². The van der Waals surface area contributed by atoms with Gasteiger partial charge in [-0.2, -0.15) is 5.10 Å². The predicted molar refractivity (Wildman–Crippen MR) is 179 cm³/mol. The van der Waals surface area contributed by atoms with Crippen molar-refractivity contribution in [3.8, 4) is 23.3 Å². The van der Waals surface area contributed by atoms with E-state index in [2.05, 4.69) is 26.9 Å². The molecule has 12 heteroatoms.